The van der Waals surface area contributed by atoms with Gasteiger partial charge >= 0.3 is 0 Å². The summed E-state index contributed by atoms with van der Waals surface area (Å²) < 4.78 is 10.7. The van der Waals surface area contributed by atoms with Crippen LogP contribution in [0, 0.1) is 6.92 Å². The number of nitrogens with one attached hydrogen (secondary N) is 2. The molecular formula is C18H21ClN2O2S. The van der Waals surface area contributed by atoms with Gasteiger partial charge < -0.3 is 20.1 Å². The normalized spacial score (nSPS) is 10.2. The molecule has 2 aromatic carbocycles. The van der Waals surface area contributed by atoms with Crippen molar-refractivity contribution in [3.63, 3.8) is 0 Å². The van der Waals surface area contributed by atoms with Gasteiger partial charge in [-0.15, -0.1) is 0 Å². The molecule has 0 unspecified atom stereocenters. The van der Waals surface area contributed by atoms with E-state index in [0.29, 0.717) is 16.7 Å². The highest BCUT2D eigenvalue weighted by Crippen LogP contribution is 2.30. The average molecular weight is 365 g/mol. The topological polar surface area (TPSA) is 42.5 Å². The van der Waals surface area contributed by atoms with Crippen LogP contribution in [0.25, 0.3) is 0 Å². The van der Waals surface area contributed by atoms with Crippen molar-refractivity contribution in [3.8, 4) is 11.5 Å². The van der Waals surface area contributed by atoms with Gasteiger partial charge in [0, 0.05) is 17.3 Å². The lowest BCUT2D eigenvalue weighted by molar-refractivity contribution is 0.351. The molecule has 0 saturated heterocycles. The number of thiocarbonyl (C=S) groups is 1. The number of methoxy groups -OCH3 is 2. The third-order valence-corrected chi connectivity index (χ3v) is 4.08. The van der Waals surface area contributed by atoms with Gasteiger partial charge in [-0.1, -0.05) is 23.7 Å². The molecule has 0 aliphatic heterocycles. The Balaban J connectivity index is 1.91. The van der Waals surface area contributed by atoms with Gasteiger partial charge in [-0.25, -0.2) is 0 Å². The molecule has 4 nitrogen and oxygen atoms in total. The summed E-state index contributed by atoms with van der Waals surface area (Å²) in [5.41, 5.74) is 3.05. The molecule has 0 aliphatic rings. The van der Waals surface area contributed by atoms with E-state index in [4.69, 9.17) is 33.3 Å². The molecule has 0 bridgehead atoms. The van der Waals surface area contributed by atoms with Gasteiger partial charge in [-0.3, -0.25) is 0 Å². The van der Waals surface area contributed by atoms with Gasteiger partial charge in [-0.05, 0) is 61.0 Å². The second-order valence-electron chi connectivity index (χ2n) is 5.24. The van der Waals surface area contributed by atoms with E-state index >= 15 is 0 Å². The quantitative estimate of drug-likeness (QED) is 0.752. The minimum absolute atomic E-state index is 0.572. The highest BCUT2D eigenvalue weighted by atomic mass is 35.5. The summed E-state index contributed by atoms with van der Waals surface area (Å²) in [4.78, 5) is 0. The molecular weight excluding hydrogens is 344 g/mol. The van der Waals surface area contributed by atoms with Crippen molar-refractivity contribution in [1.82, 2.24) is 5.32 Å². The second-order valence-corrected chi connectivity index (χ2v) is 6.09. The molecule has 0 heterocycles. The predicted molar refractivity (Wildman–Crippen MR) is 104 cm³/mol. The number of halogens is 1. The van der Waals surface area contributed by atoms with Gasteiger partial charge in [0.05, 0.1) is 14.2 Å². The monoisotopic (exact) mass is 364 g/mol. The summed E-state index contributed by atoms with van der Waals surface area (Å²) in [6.45, 7) is 2.67. The van der Waals surface area contributed by atoms with Crippen LogP contribution in [-0.2, 0) is 6.42 Å². The lowest BCUT2D eigenvalue weighted by Crippen LogP contribution is -2.30. The van der Waals surface area contributed by atoms with Crippen molar-refractivity contribution in [3.05, 3.63) is 52.5 Å². The first-order valence-electron chi connectivity index (χ1n) is 7.56. The molecule has 0 aromatic heterocycles. The Morgan fingerprint density at radius 1 is 1.17 bits per heavy atom. The van der Waals surface area contributed by atoms with E-state index in [1.54, 1.807) is 14.2 Å². The van der Waals surface area contributed by atoms with E-state index in [1.165, 1.54) is 0 Å². The zero-order valence-electron chi connectivity index (χ0n) is 14.0. The fourth-order valence-electron chi connectivity index (χ4n) is 2.40. The Bertz CT molecular complexity index is 722. The van der Waals surface area contributed by atoms with Crippen LogP contribution < -0.4 is 20.1 Å². The fourth-order valence-corrected chi connectivity index (χ4v) is 2.83. The molecule has 0 fully saturated rings. The number of aryl methyl sites for hydroxylation is 1. The highest BCUT2D eigenvalue weighted by Gasteiger charge is 2.09. The Hall–Kier alpha value is -1.98. The number of ether oxygens (including phenoxy) is 2. The molecule has 24 heavy (non-hydrogen) atoms. The van der Waals surface area contributed by atoms with E-state index in [2.05, 4.69) is 10.6 Å². The first kappa shape index (κ1) is 18.4. The zero-order chi connectivity index (χ0) is 17.5. The van der Waals surface area contributed by atoms with Crippen molar-refractivity contribution in [1.29, 1.82) is 0 Å². The molecule has 6 heteroatoms. The van der Waals surface area contributed by atoms with Crippen molar-refractivity contribution >= 4 is 34.6 Å². The Kier molecular flexibility index (Phi) is 6.70. The number of rotatable bonds is 6. The van der Waals surface area contributed by atoms with Crippen molar-refractivity contribution in [2.75, 3.05) is 26.1 Å². The number of hydrogen-bond acceptors (Lipinski definition) is 3. The van der Waals surface area contributed by atoms with Crippen LogP contribution in [-0.4, -0.2) is 25.9 Å². The fraction of sp³-hybridized carbons (Fsp3) is 0.278. The standard InChI is InChI=1S/C18H21ClN2O2S/c1-12-11-14(19)7-8-15(12)21-18(24)20-10-9-13-5-4-6-16(22-2)17(13)23-3/h4-8,11H,9-10H2,1-3H3,(H2,20,21,24). The lowest BCUT2D eigenvalue weighted by Gasteiger charge is -2.15. The number of benzene rings is 2. The SMILES string of the molecule is COc1cccc(CCNC(=S)Nc2ccc(Cl)cc2C)c1OC. The Morgan fingerprint density at radius 3 is 2.62 bits per heavy atom. The Morgan fingerprint density at radius 2 is 1.96 bits per heavy atom. The van der Waals surface area contributed by atoms with Crippen LogP contribution in [0.15, 0.2) is 36.4 Å². The first-order valence-corrected chi connectivity index (χ1v) is 8.34. The maximum atomic E-state index is 5.96. The summed E-state index contributed by atoms with van der Waals surface area (Å²) in [6.07, 6.45) is 0.766. The molecule has 2 rings (SSSR count). The Labute approximate surface area is 153 Å². The summed E-state index contributed by atoms with van der Waals surface area (Å²) in [6, 6.07) is 11.5. The molecule has 128 valence electrons. The summed E-state index contributed by atoms with van der Waals surface area (Å²) in [5.74, 6) is 1.49. The predicted octanol–water partition coefficient (Wildman–Crippen LogP) is 4.19. The van der Waals surface area contributed by atoms with Gasteiger partial charge in [0.25, 0.3) is 0 Å². The van der Waals surface area contributed by atoms with Gasteiger partial charge in [0.15, 0.2) is 16.6 Å². The van der Waals surface area contributed by atoms with Crippen LogP contribution in [0.3, 0.4) is 0 Å². The van der Waals surface area contributed by atoms with E-state index in [1.807, 2.05) is 43.3 Å². The van der Waals surface area contributed by atoms with Crippen LogP contribution in [0.2, 0.25) is 5.02 Å². The van der Waals surface area contributed by atoms with Crippen molar-refractivity contribution < 1.29 is 9.47 Å². The molecule has 0 aliphatic carbocycles. The molecule has 0 atom stereocenters. The van der Waals surface area contributed by atoms with E-state index in [9.17, 15) is 0 Å². The van der Waals surface area contributed by atoms with Gasteiger partial charge in [-0.2, -0.15) is 0 Å². The summed E-state index contributed by atoms with van der Waals surface area (Å²) in [5, 5.41) is 7.66. The second kappa shape index (κ2) is 8.76. The lowest BCUT2D eigenvalue weighted by atomic mass is 10.1. The van der Waals surface area contributed by atoms with E-state index in [0.717, 1.165) is 34.7 Å². The summed E-state index contributed by atoms with van der Waals surface area (Å²) >= 11 is 11.3. The van der Waals surface area contributed by atoms with Crippen LogP contribution >= 0.6 is 23.8 Å². The smallest absolute Gasteiger partial charge is 0.170 e. The molecule has 2 aromatic rings. The average Bonchev–Trinajstić information content (AvgIpc) is 2.57. The van der Waals surface area contributed by atoms with Crippen LogP contribution in [0.1, 0.15) is 11.1 Å². The van der Waals surface area contributed by atoms with Crippen molar-refractivity contribution in [2.24, 2.45) is 0 Å². The van der Waals surface area contributed by atoms with E-state index in [-0.39, 0.29) is 0 Å². The highest BCUT2D eigenvalue weighted by molar-refractivity contribution is 7.80. The minimum atomic E-state index is 0.572. The number of hydrogen-bond donors (Lipinski definition) is 2. The zero-order valence-corrected chi connectivity index (χ0v) is 15.6. The number of anilines is 1. The summed E-state index contributed by atoms with van der Waals surface area (Å²) in [7, 11) is 3.28. The minimum Gasteiger partial charge on any atom is -0.493 e. The van der Waals surface area contributed by atoms with Crippen molar-refractivity contribution in [2.45, 2.75) is 13.3 Å². The van der Waals surface area contributed by atoms with E-state index < -0.39 is 0 Å². The molecule has 0 spiro atoms. The van der Waals surface area contributed by atoms with Crippen LogP contribution in [0.4, 0.5) is 5.69 Å². The molecule has 2 N–H and O–H groups in total. The third-order valence-electron chi connectivity index (χ3n) is 3.60. The largest absolute Gasteiger partial charge is 0.493 e. The third kappa shape index (κ3) is 4.76. The van der Waals surface area contributed by atoms with Gasteiger partial charge in [0.2, 0.25) is 0 Å². The van der Waals surface area contributed by atoms with Crippen LogP contribution in [0.5, 0.6) is 11.5 Å². The maximum absolute atomic E-state index is 5.96. The number of para-hydroxylation sites is 1. The van der Waals surface area contributed by atoms with Gasteiger partial charge in [0.1, 0.15) is 0 Å². The molecule has 0 amide bonds. The molecule has 0 radical (unpaired) electrons. The molecule has 0 saturated carbocycles. The maximum Gasteiger partial charge on any atom is 0.170 e. The first-order chi connectivity index (χ1) is 11.5.